The minimum atomic E-state index is 0.819. The third-order valence-electron chi connectivity index (χ3n) is 0.921. The van der Waals surface area contributed by atoms with Gasteiger partial charge in [-0.15, -0.1) is 0 Å². The monoisotopic (exact) mass is 125 g/mol. The molecule has 0 radical (unpaired) electrons. The molecule has 42 valence electrons. The zero-order chi connectivity index (χ0) is 5.82. The molecule has 0 aliphatic rings. The number of aromatic nitrogens is 1. The Kier molecular flexibility index (Phi) is 1.99. The van der Waals surface area contributed by atoms with Crippen molar-refractivity contribution in [3.05, 3.63) is 24.4 Å². The molecule has 0 saturated carbocycles. The van der Waals surface area contributed by atoms with E-state index < -0.39 is 0 Å². The van der Waals surface area contributed by atoms with Crippen molar-refractivity contribution in [2.45, 2.75) is 0 Å². The minimum Gasteiger partial charge on any atom is -0.257 e. The minimum absolute atomic E-state index is 0.819. The van der Waals surface area contributed by atoms with Crippen LogP contribution in [-0.4, -0.2) is 11.6 Å². The molecule has 1 rings (SSSR count). The number of rotatable bonds is 1. The van der Waals surface area contributed by atoms with E-state index in [1.165, 1.54) is 5.44 Å². The van der Waals surface area contributed by atoms with Crippen LogP contribution in [0, 0.1) is 0 Å². The SMILES string of the molecule is CPc1ccccn1. The molecule has 0 bridgehead atoms. The normalized spacial score (nSPS) is 10.6. The zero-order valence-corrected chi connectivity index (χ0v) is 5.76. The zero-order valence-electron chi connectivity index (χ0n) is 4.76. The maximum Gasteiger partial charge on any atom is 0.0597 e. The van der Waals surface area contributed by atoms with Gasteiger partial charge in [0.1, 0.15) is 0 Å². The van der Waals surface area contributed by atoms with Crippen molar-refractivity contribution in [1.29, 1.82) is 0 Å². The van der Waals surface area contributed by atoms with Crippen molar-refractivity contribution in [1.82, 2.24) is 4.98 Å². The molecule has 0 aliphatic carbocycles. The van der Waals surface area contributed by atoms with Crippen LogP contribution in [-0.2, 0) is 0 Å². The summed E-state index contributed by atoms with van der Waals surface area (Å²) in [5.41, 5.74) is 1.19. The van der Waals surface area contributed by atoms with E-state index in [2.05, 4.69) is 11.6 Å². The Morgan fingerprint density at radius 1 is 1.50 bits per heavy atom. The number of pyridine rings is 1. The molecule has 1 aromatic heterocycles. The molecule has 0 saturated heterocycles. The summed E-state index contributed by atoms with van der Waals surface area (Å²) in [5, 5.41) is 0. The highest BCUT2D eigenvalue weighted by atomic mass is 31.1. The van der Waals surface area contributed by atoms with Crippen LogP contribution < -0.4 is 5.44 Å². The first-order chi connectivity index (χ1) is 3.93. The van der Waals surface area contributed by atoms with Gasteiger partial charge in [-0.05, 0) is 18.8 Å². The number of hydrogen-bond acceptors (Lipinski definition) is 1. The summed E-state index contributed by atoms with van der Waals surface area (Å²) in [4.78, 5) is 4.11. The van der Waals surface area contributed by atoms with Crippen molar-refractivity contribution < 1.29 is 0 Å². The van der Waals surface area contributed by atoms with E-state index in [0.717, 1.165) is 8.58 Å². The van der Waals surface area contributed by atoms with Crippen LogP contribution in [0.4, 0.5) is 0 Å². The van der Waals surface area contributed by atoms with Crippen molar-refractivity contribution >= 4 is 14.0 Å². The van der Waals surface area contributed by atoms with Crippen molar-refractivity contribution in [2.24, 2.45) is 0 Å². The van der Waals surface area contributed by atoms with Gasteiger partial charge in [0, 0.05) is 6.20 Å². The number of nitrogens with zero attached hydrogens (tertiary/aromatic N) is 1. The molecule has 1 unspecified atom stereocenters. The molecule has 1 aromatic rings. The first-order valence-electron chi connectivity index (χ1n) is 2.52. The van der Waals surface area contributed by atoms with E-state index in [4.69, 9.17) is 0 Å². The van der Waals surface area contributed by atoms with Crippen LogP contribution in [0.15, 0.2) is 24.4 Å². The van der Waals surface area contributed by atoms with Gasteiger partial charge in [-0.1, -0.05) is 14.6 Å². The maximum absolute atomic E-state index is 4.11. The summed E-state index contributed by atoms with van der Waals surface area (Å²) >= 11 is 0. The molecule has 0 N–H and O–H groups in total. The third-order valence-corrected chi connectivity index (χ3v) is 1.73. The molecule has 1 nitrogen and oxygen atoms in total. The lowest BCUT2D eigenvalue weighted by atomic mass is 10.5. The van der Waals surface area contributed by atoms with E-state index in [1.54, 1.807) is 0 Å². The summed E-state index contributed by atoms with van der Waals surface area (Å²) in [5.74, 6) is 0. The summed E-state index contributed by atoms with van der Waals surface area (Å²) in [6.07, 6.45) is 1.83. The summed E-state index contributed by atoms with van der Waals surface area (Å²) in [6.45, 7) is 2.13. The second-order valence-corrected chi connectivity index (χ2v) is 2.48. The Morgan fingerprint density at radius 3 is 2.75 bits per heavy atom. The van der Waals surface area contributed by atoms with Gasteiger partial charge in [0.2, 0.25) is 0 Å². The molecule has 1 atom stereocenters. The van der Waals surface area contributed by atoms with Crippen LogP contribution in [0.25, 0.3) is 0 Å². The second-order valence-electron chi connectivity index (χ2n) is 1.46. The van der Waals surface area contributed by atoms with Gasteiger partial charge >= 0.3 is 0 Å². The molecule has 0 aliphatic heterocycles. The fraction of sp³-hybridized carbons (Fsp3) is 0.167. The van der Waals surface area contributed by atoms with Gasteiger partial charge in [-0.25, -0.2) is 0 Å². The summed E-state index contributed by atoms with van der Waals surface area (Å²) < 4.78 is 0. The Morgan fingerprint density at radius 2 is 2.38 bits per heavy atom. The first kappa shape index (κ1) is 5.71. The smallest absolute Gasteiger partial charge is 0.0597 e. The lowest BCUT2D eigenvalue weighted by Crippen LogP contribution is -1.95. The Labute approximate surface area is 50.9 Å². The highest BCUT2D eigenvalue weighted by Gasteiger charge is 1.81. The molecular formula is C6H8NP. The molecule has 0 aromatic carbocycles. The third kappa shape index (κ3) is 1.28. The molecule has 2 heteroatoms. The van der Waals surface area contributed by atoms with E-state index in [1.807, 2.05) is 24.4 Å². The standard InChI is InChI=1S/C6H8NP/c1-8-6-4-2-3-5-7-6/h2-5,8H,1H3. The van der Waals surface area contributed by atoms with Crippen molar-refractivity contribution in [2.75, 3.05) is 6.66 Å². The molecule has 0 amide bonds. The van der Waals surface area contributed by atoms with Gasteiger partial charge in [0.05, 0.1) is 5.44 Å². The average molecular weight is 125 g/mol. The van der Waals surface area contributed by atoms with E-state index >= 15 is 0 Å². The van der Waals surface area contributed by atoms with Crippen LogP contribution >= 0.6 is 8.58 Å². The predicted octanol–water partition coefficient (Wildman–Crippen LogP) is 1.02. The Bertz CT molecular complexity index is 150. The van der Waals surface area contributed by atoms with Crippen LogP contribution in [0.2, 0.25) is 0 Å². The van der Waals surface area contributed by atoms with Crippen LogP contribution in [0.5, 0.6) is 0 Å². The molecule has 0 fully saturated rings. The predicted molar refractivity (Wildman–Crippen MR) is 38.1 cm³/mol. The van der Waals surface area contributed by atoms with Gasteiger partial charge in [0.15, 0.2) is 0 Å². The summed E-state index contributed by atoms with van der Waals surface area (Å²) in [7, 11) is 0.819. The van der Waals surface area contributed by atoms with E-state index in [9.17, 15) is 0 Å². The highest BCUT2D eigenvalue weighted by Crippen LogP contribution is 1.97. The van der Waals surface area contributed by atoms with Gasteiger partial charge in [-0.2, -0.15) is 0 Å². The lowest BCUT2D eigenvalue weighted by Gasteiger charge is -1.88. The van der Waals surface area contributed by atoms with Crippen molar-refractivity contribution in [3.8, 4) is 0 Å². The second kappa shape index (κ2) is 2.78. The highest BCUT2D eigenvalue weighted by molar-refractivity contribution is 7.45. The lowest BCUT2D eigenvalue weighted by molar-refractivity contribution is 1.39. The maximum atomic E-state index is 4.11. The Balaban J connectivity index is 2.83. The first-order valence-corrected chi connectivity index (χ1v) is 4.02. The average Bonchev–Trinajstić information content (AvgIpc) is 1.90. The van der Waals surface area contributed by atoms with E-state index in [-0.39, 0.29) is 0 Å². The molecule has 8 heavy (non-hydrogen) atoms. The summed E-state index contributed by atoms with van der Waals surface area (Å²) in [6, 6.07) is 5.99. The van der Waals surface area contributed by atoms with Crippen LogP contribution in [0.3, 0.4) is 0 Å². The topological polar surface area (TPSA) is 12.9 Å². The van der Waals surface area contributed by atoms with Crippen molar-refractivity contribution in [3.63, 3.8) is 0 Å². The molecule has 0 spiro atoms. The fourth-order valence-corrected chi connectivity index (χ4v) is 0.977. The molecule has 1 heterocycles. The largest absolute Gasteiger partial charge is 0.257 e. The van der Waals surface area contributed by atoms with E-state index in [0.29, 0.717) is 0 Å². The van der Waals surface area contributed by atoms with Gasteiger partial charge < -0.3 is 0 Å². The van der Waals surface area contributed by atoms with Gasteiger partial charge in [-0.3, -0.25) is 4.98 Å². The molecular weight excluding hydrogens is 117 g/mol. The quantitative estimate of drug-likeness (QED) is 0.510. The number of hydrogen-bond donors (Lipinski definition) is 0. The van der Waals surface area contributed by atoms with Gasteiger partial charge in [0.25, 0.3) is 0 Å². The Hall–Kier alpha value is -0.420. The fourth-order valence-electron chi connectivity index (χ4n) is 0.511. The van der Waals surface area contributed by atoms with Crippen LogP contribution in [0.1, 0.15) is 0 Å².